The number of H-pyrrole nitrogens is 1. The molecule has 9 heteroatoms. The van der Waals surface area contributed by atoms with Gasteiger partial charge in [0.1, 0.15) is 18.4 Å². The topological polar surface area (TPSA) is 133 Å². The lowest BCUT2D eigenvalue weighted by Crippen LogP contribution is -2.54. The van der Waals surface area contributed by atoms with E-state index >= 15 is 0 Å². The third-order valence-electron chi connectivity index (χ3n) is 5.08. The van der Waals surface area contributed by atoms with Crippen LogP contribution in [0.5, 0.6) is 0 Å². The summed E-state index contributed by atoms with van der Waals surface area (Å²) >= 11 is 0. The molecule has 2 rings (SSSR count). The average molecular weight is 456 g/mol. The first-order valence-corrected chi connectivity index (χ1v) is 11.1. The van der Waals surface area contributed by atoms with Crippen molar-refractivity contribution in [1.82, 2.24) is 25.9 Å². The van der Waals surface area contributed by atoms with E-state index in [4.69, 9.17) is 0 Å². The van der Waals surface area contributed by atoms with E-state index in [1.807, 2.05) is 44.2 Å². The number of aldehydes is 1. The monoisotopic (exact) mass is 455 g/mol. The second kappa shape index (κ2) is 13.1. The van der Waals surface area contributed by atoms with Gasteiger partial charge in [0.05, 0.1) is 12.4 Å². The standard InChI is InChI=1S/C24H33N5O4/c1-16(2)11-20(14-30)28-23(32)17(3)27-24(33)21(12-19-13-25-15-26-19)29-22(31)10-9-18-7-5-4-6-8-18/h4-8,13-17,20-21H,9-12H2,1-3H3,(H,25,26)(H,27,33)(H,28,32)(H,29,31)/t17-,20-,21-/m0/s1. The summed E-state index contributed by atoms with van der Waals surface area (Å²) in [6.07, 6.45) is 5.24. The van der Waals surface area contributed by atoms with Crippen molar-refractivity contribution in [3.63, 3.8) is 0 Å². The molecular formula is C24H33N5O4. The molecule has 0 saturated heterocycles. The zero-order valence-electron chi connectivity index (χ0n) is 19.3. The zero-order chi connectivity index (χ0) is 24.2. The van der Waals surface area contributed by atoms with E-state index in [1.165, 1.54) is 13.3 Å². The Morgan fingerprint density at radius 3 is 2.36 bits per heavy atom. The van der Waals surface area contributed by atoms with Crippen LogP contribution in [0.25, 0.3) is 0 Å². The molecule has 1 aromatic carbocycles. The lowest BCUT2D eigenvalue weighted by atomic mass is 10.0. The van der Waals surface area contributed by atoms with Crippen molar-refractivity contribution in [3.8, 4) is 0 Å². The number of benzene rings is 1. The van der Waals surface area contributed by atoms with E-state index in [0.717, 1.165) is 5.56 Å². The summed E-state index contributed by atoms with van der Waals surface area (Å²) in [5, 5.41) is 8.04. The van der Waals surface area contributed by atoms with Crippen molar-refractivity contribution < 1.29 is 19.2 Å². The number of aryl methyl sites for hydroxylation is 1. The fourth-order valence-electron chi connectivity index (χ4n) is 3.34. The summed E-state index contributed by atoms with van der Waals surface area (Å²) in [6.45, 7) is 5.44. The van der Waals surface area contributed by atoms with Crippen LogP contribution < -0.4 is 16.0 Å². The minimum Gasteiger partial charge on any atom is -0.348 e. The fourth-order valence-corrected chi connectivity index (χ4v) is 3.34. The van der Waals surface area contributed by atoms with Gasteiger partial charge in [-0.15, -0.1) is 0 Å². The Bertz CT molecular complexity index is 899. The molecule has 3 atom stereocenters. The summed E-state index contributed by atoms with van der Waals surface area (Å²) in [6, 6.07) is 7.22. The van der Waals surface area contributed by atoms with E-state index < -0.39 is 29.9 Å². The number of imidazole rings is 1. The van der Waals surface area contributed by atoms with Gasteiger partial charge in [-0.3, -0.25) is 14.4 Å². The molecule has 0 fully saturated rings. The van der Waals surface area contributed by atoms with Crippen LogP contribution in [0.15, 0.2) is 42.9 Å². The Kier molecular flexibility index (Phi) is 10.3. The third-order valence-corrected chi connectivity index (χ3v) is 5.08. The molecule has 33 heavy (non-hydrogen) atoms. The van der Waals surface area contributed by atoms with E-state index in [0.29, 0.717) is 24.8 Å². The maximum absolute atomic E-state index is 12.9. The largest absolute Gasteiger partial charge is 0.348 e. The van der Waals surface area contributed by atoms with Crippen LogP contribution in [-0.4, -0.2) is 52.1 Å². The number of carbonyl (C=O) groups excluding carboxylic acids is 4. The van der Waals surface area contributed by atoms with Gasteiger partial charge in [0, 0.05) is 24.7 Å². The molecule has 0 unspecified atom stereocenters. The second-order valence-electron chi connectivity index (χ2n) is 8.50. The molecule has 0 saturated carbocycles. The Hall–Kier alpha value is -3.49. The van der Waals surface area contributed by atoms with Crippen LogP contribution in [0.1, 0.15) is 44.9 Å². The zero-order valence-corrected chi connectivity index (χ0v) is 19.3. The van der Waals surface area contributed by atoms with E-state index in [2.05, 4.69) is 25.9 Å². The van der Waals surface area contributed by atoms with Gasteiger partial charge in [0.15, 0.2) is 0 Å². The minimum absolute atomic E-state index is 0.196. The summed E-state index contributed by atoms with van der Waals surface area (Å²) in [4.78, 5) is 56.0. The van der Waals surface area contributed by atoms with Gasteiger partial charge in [-0.2, -0.15) is 0 Å². The smallest absolute Gasteiger partial charge is 0.243 e. The molecule has 0 spiro atoms. The van der Waals surface area contributed by atoms with Crippen LogP contribution in [0.3, 0.4) is 0 Å². The van der Waals surface area contributed by atoms with Gasteiger partial charge in [-0.05, 0) is 31.2 Å². The highest BCUT2D eigenvalue weighted by Crippen LogP contribution is 2.05. The minimum atomic E-state index is -0.887. The number of hydrogen-bond acceptors (Lipinski definition) is 5. The predicted molar refractivity (Wildman–Crippen MR) is 124 cm³/mol. The second-order valence-corrected chi connectivity index (χ2v) is 8.50. The maximum Gasteiger partial charge on any atom is 0.243 e. The molecule has 1 heterocycles. The summed E-state index contributed by atoms with van der Waals surface area (Å²) in [5.41, 5.74) is 1.70. The summed E-state index contributed by atoms with van der Waals surface area (Å²) in [5.74, 6) is -0.993. The first-order valence-electron chi connectivity index (χ1n) is 11.1. The number of aromatic nitrogens is 2. The summed E-state index contributed by atoms with van der Waals surface area (Å²) in [7, 11) is 0. The summed E-state index contributed by atoms with van der Waals surface area (Å²) < 4.78 is 0. The van der Waals surface area contributed by atoms with Crippen molar-refractivity contribution >= 4 is 24.0 Å². The van der Waals surface area contributed by atoms with Gasteiger partial charge in [-0.25, -0.2) is 4.98 Å². The highest BCUT2D eigenvalue weighted by atomic mass is 16.2. The quantitative estimate of drug-likeness (QED) is 0.338. The SMILES string of the molecule is CC(C)C[C@@H](C=O)NC(=O)[C@H](C)NC(=O)[C@H](Cc1cnc[nH]1)NC(=O)CCc1ccccc1. The van der Waals surface area contributed by atoms with Gasteiger partial charge >= 0.3 is 0 Å². The van der Waals surface area contributed by atoms with Crippen molar-refractivity contribution in [3.05, 3.63) is 54.1 Å². The molecule has 0 radical (unpaired) electrons. The molecule has 2 aromatic rings. The first kappa shape index (κ1) is 25.8. The molecule has 178 valence electrons. The highest BCUT2D eigenvalue weighted by molar-refractivity contribution is 5.92. The van der Waals surface area contributed by atoms with Gasteiger partial charge < -0.3 is 25.7 Å². The lowest BCUT2D eigenvalue weighted by molar-refractivity contribution is -0.132. The fraction of sp³-hybridized carbons (Fsp3) is 0.458. The number of nitrogens with zero attached hydrogens (tertiary/aromatic N) is 1. The molecule has 9 nitrogen and oxygen atoms in total. The van der Waals surface area contributed by atoms with Crippen LogP contribution >= 0.6 is 0 Å². The van der Waals surface area contributed by atoms with E-state index in [1.54, 1.807) is 6.20 Å². The molecule has 3 amide bonds. The third kappa shape index (κ3) is 9.26. The molecule has 0 aliphatic carbocycles. The van der Waals surface area contributed by atoms with Gasteiger partial charge in [0.2, 0.25) is 17.7 Å². The highest BCUT2D eigenvalue weighted by Gasteiger charge is 2.26. The average Bonchev–Trinajstić information content (AvgIpc) is 3.30. The Morgan fingerprint density at radius 2 is 1.76 bits per heavy atom. The Morgan fingerprint density at radius 1 is 1.03 bits per heavy atom. The van der Waals surface area contributed by atoms with E-state index in [-0.39, 0.29) is 24.7 Å². The molecule has 4 N–H and O–H groups in total. The number of carbonyl (C=O) groups is 4. The van der Waals surface area contributed by atoms with Crippen molar-refractivity contribution in [2.24, 2.45) is 5.92 Å². The lowest BCUT2D eigenvalue weighted by Gasteiger charge is -2.22. The van der Waals surface area contributed by atoms with Crippen LogP contribution in [-0.2, 0) is 32.0 Å². The Labute approximate surface area is 194 Å². The predicted octanol–water partition coefficient (Wildman–Crippen LogP) is 1.30. The van der Waals surface area contributed by atoms with Crippen LogP contribution in [0.4, 0.5) is 0 Å². The molecule has 0 bridgehead atoms. The molecule has 0 aliphatic rings. The van der Waals surface area contributed by atoms with Gasteiger partial charge in [0.25, 0.3) is 0 Å². The maximum atomic E-state index is 12.9. The van der Waals surface area contributed by atoms with Crippen LogP contribution in [0, 0.1) is 5.92 Å². The Balaban J connectivity index is 1.97. The normalized spacial score (nSPS) is 13.6. The van der Waals surface area contributed by atoms with Crippen molar-refractivity contribution in [1.29, 1.82) is 0 Å². The molecular weight excluding hydrogens is 422 g/mol. The van der Waals surface area contributed by atoms with Gasteiger partial charge in [-0.1, -0.05) is 44.2 Å². The number of hydrogen-bond donors (Lipinski definition) is 4. The first-order chi connectivity index (χ1) is 15.8. The molecule has 0 aliphatic heterocycles. The van der Waals surface area contributed by atoms with Crippen LogP contribution in [0.2, 0.25) is 0 Å². The van der Waals surface area contributed by atoms with Crippen molar-refractivity contribution in [2.75, 3.05) is 0 Å². The number of aromatic amines is 1. The number of amides is 3. The number of rotatable bonds is 13. The van der Waals surface area contributed by atoms with E-state index in [9.17, 15) is 19.2 Å². The van der Waals surface area contributed by atoms with Crippen molar-refractivity contribution in [2.45, 2.75) is 64.6 Å². The molecule has 1 aromatic heterocycles. The number of nitrogens with one attached hydrogen (secondary N) is 4.